The van der Waals surface area contributed by atoms with Gasteiger partial charge in [0.1, 0.15) is 0 Å². The highest BCUT2D eigenvalue weighted by molar-refractivity contribution is 5.91. The molecule has 164 valence electrons. The van der Waals surface area contributed by atoms with Crippen LogP contribution in [0.2, 0.25) is 0 Å². The molecule has 0 aromatic carbocycles. The van der Waals surface area contributed by atoms with Crippen molar-refractivity contribution >= 4 is 12.1 Å². The number of piperidine rings is 1. The third kappa shape index (κ3) is 3.62. The van der Waals surface area contributed by atoms with Crippen molar-refractivity contribution in [2.24, 2.45) is 5.41 Å². The van der Waals surface area contributed by atoms with Crippen molar-refractivity contribution in [2.45, 2.75) is 69.9 Å². The van der Waals surface area contributed by atoms with Gasteiger partial charge in [0.25, 0.3) is 5.56 Å². The number of carbonyl (C=O) groups excluding carboxylic acids is 1. The van der Waals surface area contributed by atoms with E-state index in [0.29, 0.717) is 5.56 Å². The summed E-state index contributed by atoms with van der Waals surface area (Å²) in [7, 11) is 0. The van der Waals surface area contributed by atoms with Gasteiger partial charge in [0, 0.05) is 30.8 Å². The maximum Gasteiger partial charge on any atom is 0.407 e. The van der Waals surface area contributed by atoms with E-state index in [0.717, 1.165) is 44.1 Å². The summed E-state index contributed by atoms with van der Waals surface area (Å²) in [5, 5.41) is 21.2. The number of esters is 1. The van der Waals surface area contributed by atoms with Crippen molar-refractivity contribution in [1.82, 2.24) is 9.47 Å². The molecule has 1 atom stereocenters. The first kappa shape index (κ1) is 20.9. The number of ether oxygens (including phenoxy) is 1. The van der Waals surface area contributed by atoms with Crippen LogP contribution in [0.1, 0.15) is 73.7 Å². The van der Waals surface area contributed by atoms with E-state index in [4.69, 9.17) is 4.74 Å². The molecule has 3 aliphatic rings. The minimum Gasteiger partial charge on any atom is -0.465 e. The molecule has 0 radical (unpaired) electrons. The highest BCUT2D eigenvalue weighted by Gasteiger charge is 2.55. The zero-order valence-electron chi connectivity index (χ0n) is 17.4. The summed E-state index contributed by atoms with van der Waals surface area (Å²) in [6.45, 7) is 2.55. The molecule has 0 bridgehead atoms. The molecule has 4 rings (SSSR count). The fraction of sp³-hybridized carbons (Fsp3) is 0.682. The van der Waals surface area contributed by atoms with Gasteiger partial charge in [-0.2, -0.15) is 0 Å². The molecule has 1 saturated heterocycles. The first-order valence-corrected chi connectivity index (χ1v) is 10.9. The van der Waals surface area contributed by atoms with Crippen LogP contribution in [-0.2, 0) is 11.3 Å². The van der Waals surface area contributed by atoms with Crippen molar-refractivity contribution in [3.05, 3.63) is 33.7 Å². The number of nitrogens with zero attached hydrogens (tertiary/aromatic N) is 2. The number of likely N-dealkylation sites (tertiary alicyclic amines) is 1. The third-order valence-electron chi connectivity index (χ3n) is 7.21. The summed E-state index contributed by atoms with van der Waals surface area (Å²) >= 11 is 0. The lowest BCUT2D eigenvalue weighted by Gasteiger charge is -2.51. The van der Waals surface area contributed by atoms with Crippen LogP contribution in [0.15, 0.2) is 17.1 Å². The Bertz CT molecular complexity index is 899. The Morgan fingerprint density at radius 2 is 1.93 bits per heavy atom. The van der Waals surface area contributed by atoms with Crippen molar-refractivity contribution in [1.29, 1.82) is 0 Å². The van der Waals surface area contributed by atoms with E-state index in [-0.39, 0.29) is 44.1 Å². The van der Waals surface area contributed by atoms with Gasteiger partial charge < -0.3 is 24.4 Å². The molecular formula is C22H30N2O6. The molecule has 1 aromatic rings. The monoisotopic (exact) mass is 418 g/mol. The van der Waals surface area contributed by atoms with Gasteiger partial charge in [0.2, 0.25) is 0 Å². The first-order chi connectivity index (χ1) is 14.3. The average molecular weight is 418 g/mol. The number of hydrogen-bond acceptors (Lipinski definition) is 5. The van der Waals surface area contributed by atoms with Crippen LogP contribution in [0.3, 0.4) is 0 Å². The Labute approximate surface area is 175 Å². The van der Waals surface area contributed by atoms with Crippen LogP contribution in [0.5, 0.6) is 0 Å². The number of hydrogen-bond donors (Lipinski definition) is 2. The van der Waals surface area contributed by atoms with Crippen LogP contribution >= 0.6 is 0 Å². The smallest absolute Gasteiger partial charge is 0.407 e. The van der Waals surface area contributed by atoms with Gasteiger partial charge in [-0.05, 0) is 50.5 Å². The van der Waals surface area contributed by atoms with E-state index < -0.39 is 23.1 Å². The highest BCUT2D eigenvalue weighted by atomic mass is 16.5. The van der Waals surface area contributed by atoms with E-state index >= 15 is 0 Å². The average Bonchev–Trinajstić information content (AvgIpc) is 3.44. The summed E-state index contributed by atoms with van der Waals surface area (Å²) in [4.78, 5) is 38.3. The lowest BCUT2D eigenvalue weighted by atomic mass is 9.66. The number of carbonyl (C=O) groups is 2. The fourth-order valence-corrected chi connectivity index (χ4v) is 5.37. The van der Waals surface area contributed by atoms with Gasteiger partial charge in [0.15, 0.2) is 0 Å². The summed E-state index contributed by atoms with van der Waals surface area (Å²) in [5.74, 6) is -0.230. The predicted molar refractivity (Wildman–Crippen MR) is 109 cm³/mol. The van der Waals surface area contributed by atoms with Gasteiger partial charge in [-0.3, -0.25) is 4.79 Å². The third-order valence-corrected chi connectivity index (χ3v) is 7.21. The predicted octanol–water partition coefficient (Wildman–Crippen LogP) is 2.58. The molecular weight excluding hydrogens is 388 g/mol. The zero-order valence-corrected chi connectivity index (χ0v) is 17.4. The molecule has 3 fully saturated rings. The van der Waals surface area contributed by atoms with Gasteiger partial charge in [-0.15, -0.1) is 0 Å². The summed E-state index contributed by atoms with van der Waals surface area (Å²) in [5.41, 5.74) is -0.884. The fourth-order valence-electron chi connectivity index (χ4n) is 5.37. The van der Waals surface area contributed by atoms with Crippen molar-refractivity contribution in [3.63, 3.8) is 0 Å². The number of pyridine rings is 1. The lowest BCUT2D eigenvalue weighted by molar-refractivity contribution is -0.137. The largest absolute Gasteiger partial charge is 0.465 e. The SMILES string of the molecule is CCOC(=O)c1cn(C[C@]2(O)CCN(C(=O)O)CC23CCCC3)c(=O)cc1C1CC1. The Morgan fingerprint density at radius 1 is 1.23 bits per heavy atom. The second-order valence-electron chi connectivity index (χ2n) is 9.08. The molecule has 2 N–H and O–H groups in total. The number of aromatic nitrogens is 1. The molecule has 1 amide bonds. The van der Waals surface area contributed by atoms with Gasteiger partial charge in [-0.25, -0.2) is 9.59 Å². The Kier molecular flexibility index (Phi) is 5.38. The van der Waals surface area contributed by atoms with E-state index in [1.807, 2.05) is 0 Å². The molecule has 2 aliphatic carbocycles. The maximum atomic E-state index is 12.9. The van der Waals surface area contributed by atoms with Crippen LogP contribution in [0.4, 0.5) is 4.79 Å². The number of carboxylic acid groups (broad SMARTS) is 1. The Morgan fingerprint density at radius 3 is 2.53 bits per heavy atom. The van der Waals surface area contributed by atoms with Crippen molar-refractivity contribution in [2.75, 3.05) is 19.7 Å². The molecule has 8 nitrogen and oxygen atoms in total. The summed E-state index contributed by atoms with van der Waals surface area (Å²) < 4.78 is 6.63. The van der Waals surface area contributed by atoms with E-state index in [9.17, 15) is 24.6 Å². The second-order valence-corrected chi connectivity index (χ2v) is 9.08. The standard InChI is InChI=1S/C22H30N2O6/c1-2-30-19(26)17-12-24(18(25)11-16(17)15-5-6-15)14-22(29)9-10-23(20(27)28)13-21(22)7-3-4-8-21/h11-12,15,29H,2-10,13-14H2,1H3,(H,27,28)/t22-/m1/s1. The van der Waals surface area contributed by atoms with Gasteiger partial charge in [0.05, 0.1) is 24.3 Å². The second kappa shape index (κ2) is 7.72. The molecule has 0 unspecified atom stereocenters. The minimum absolute atomic E-state index is 0.0522. The summed E-state index contributed by atoms with van der Waals surface area (Å²) in [6, 6.07) is 1.51. The summed E-state index contributed by atoms with van der Waals surface area (Å²) in [6.07, 6.45) is 6.06. The van der Waals surface area contributed by atoms with Gasteiger partial charge >= 0.3 is 12.1 Å². The maximum absolute atomic E-state index is 12.9. The Hall–Kier alpha value is -2.35. The van der Waals surface area contributed by atoms with Crippen molar-refractivity contribution < 1.29 is 24.5 Å². The molecule has 2 heterocycles. The zero-order chi connectivity index (χ0) is 21.5. The molecule has 2 saturated carbocycles. The number of rotatable bonds is 5. The lowest BCUT2D eigenvalue weighted by Crippen LogP contribution is -2.62. The molecule has 1 spiro atoms. The van der Waals surface area contributed by atoms with Crippen LogP contribution in [0, 0.1) is 5.41 Å². The molecule has 8 heteroatoms. The van der Waals surface area contributed by atoms with Crippen molar-refractivity contribution in [3.8, 4) is 0 Å². The van der Waals surface area contributed by atoms with E-state index in [1.54, 1.807) is 6.92 Å². The number of aliphatic hydroxyl groups is 1. The topological polar surface area (TPSA) is 109 Å². The van der Waals surface area contributed by atoms with E-state index in [2.05, 4.69) is 0 Å². The van der Waals surface area contributed by atoms with Crippen LogP contribution in [-0.4, -0.2) is 57.0 Å². The minimum atomic E-state index is -1.20. The normalized spacial score (nSPS) is 25.5. The van der Waals surface area contributed by atoms with E-state index in [1.165, 1.54) is 21.7 Å². The first-order valence-electron chi connectivity index (χ1n) is 10.9. The quantitative estimate of drug-likeness (QED) is 0.712. The number of amides is 1. The molecule has 1 aromatic heterocycles. The van der Waals surface area contributed by atoms with Crippen LogP contribution in [0.25, 0.3) is 0 Å². The Balaban J connectivity index is 1.68. The van der Waals surface area contributed by atoms with Gasteiger partial charge in [-0.1, -0.05) is 12.8 Å². The van der Waals surface area contributed by atoms with Crippen LogP contribution < -0.4 is 5.56 Å². The molecule has 30 heavy (non-hydrogen) atoms. The molecule has 1 aliphatic heterocycles. The highest BCUT2D eigenvalue weighted by Crippen LogP contribution is 2.51.